The molecule has 0 bridgehead atoms. The van der Waals surface area contributed by atoms with Gasteiger partial charge in [-0.25, -0.2) is 11.4 Å². The highest BCUT2D eigenvalue weighted by Crippen LogP contribution is 2.02. The third kappa shape index (κ3) is 2.91. The molecule has 0 radical (unpaired) electrons. The zero-order chi connectivity index (χ0) is 10.4. The minimum absolute atomic E-state index is 0.236. The van der Waals surface area contributed by atoms with Gasteiger partial charge in [0.05, 0.1) is 0 Å². The van der Waals surface area contributed by atoms with Crippen LogP contribution in [0.25, 0.3) is 4.85 Å². The van der Waals surface area contributed by atoms with Gasteiger partial charge in [0.2, 0.25) is 0 Å². The summed E-state index contributed by atoms with van der Waals surface area (Å²) in [5.74, 6) is -0.469. The van der Waals surface area contributed by atoms with Crippen LogP contribution in [-0.2, 0) is 16.1 Å². The van der Waals surface area contributed by atoms with Gasteiger partial charge in [0, 0.05) is 6.92 Å². The van der Waals surface area contributed by atoms with E-state index in [2.05, 4.69) is 4.85 Å². The van der Waals surface area contributed by atoms with E-state index in [9.17, 15) is 4.79 Å². The van der Waals surface area contributed by atoms with Crippen LogP contribution in [0.2, 0.25) is 0 Å². The second-order valence-corrected chi connectivity index (χ2v) is 2.90. The van der Waals surface area contributed by atoms with Crippen molar-refractivity contribution in [3.63, 3.8) is 0 Å². The standard InChI is InChI=1S/C11H11NO2/c1-9(12-2)11(13)14-8-10-6-4-3-5-7-10/h3-7,9H,8H2,1H3/t9-/m0/s1. The van der Waals surface area contributed by atoms with Crippen LogP contribution in [0.1, 0.15) is 12.5 Å². The molecule has 1 aromatic rings. The fraction of sp³-hybridized carbons (Fsp3) is 0.273. The fourth-order valence-electron chi connectivity index (χ4n) is 0.902. The first kappa shape index (κ1) is 10.3. The maximum absolute atomic E-state index is 11.1. The fourth-order valence-corrected chi connectivity index (χ4v) is 0.902. The zero-order valence-electron chi connectivity index (χ0n) is 7.93. The number of carbonyl (C=O) groups excluding carboxylic acids is 1. The number of benzene rings is 1. The van der Waals surface area contributed by atoms with Gasteiger partial charge in [0.15, 0.2) is 0 Å². The van der Waals surface area contributed by atoms with E-state index in [0.717, 1.165) is 5.56 Å². The number of esters is 1. The Morgan fingerprint density at radius 1 is 1.50 bits per heavy atom. The molecule has 1 atom stereocenters. The summed E-state index contributed by atoms with van der Waals surface area (Å²) in [5.41, 5.74) is 0.929. The molecule has 0 N–H and O–H groups in total. The molecule has 0 saturated carbocycles. The van der Waals surface area contributed by atoms with Crippen molar-refractivity contribution in [2.24, 2.45) is 0 Å². The first-order valence-electron chi connectivity index (χ1n) is 4.31. The predicted molar refractivity (Wildman–Crippen MR) is 52.3 cm³/mol. The van der Waals surface area contributed by atoms with Gasteiger partial charge < -0.3 is 9.58 Å². The Labute approximate surface area is 83.1 Å². The molecule has 0 amide bonds. The second-order valence-electron chi connectivity index (χ2n) is 2.90. The van der Waals surface area contributed by atoms with Gasteiger partial charge in [0.1, 0.15) is 6.61 Å². The molecular formula is C11H11NO2. The van der Waals surface area contributed by atoms with Gasteiger partial charge in [0.25, 0.3) is 0 Å². The summed E-state index contributed by atoms with van der Waals surface area (Å²) < 4.78 is 4.93. The molecule has 0 aliphatic carbocycles. The number of rotatable bonds is 3. The number of hydrogen-bond donors (Lipinski definition) is 0. The first-order valence-corrected chi connectivity index (χ1v) is 4.31. The third-order valence-electron chi connectivity index (χ3n) is 1.76. The molecule has 3 nitrogen and oxygen atoms in total. The monoisotopic (exact) mass is 189 g/mol. The van der Waals surface area contributed by atoms with Crippen molar-refractivity contribution in [2.45, 2.75) is 19.6 Å². The molecule has 0 aliphatic rings. The Balaban J connectivity index is 2.43. The Bertz CT molecular complexity index is 340. The van der Waals surface area contributed by atoms with Gasteiger partial charge in [-0.2, -0.15) is 0 Å². The third-order valence-corrected chi connectivity index (χ3v) is 1.76. The summed E-state index contributed by atoms with van der Waals surface area (Å²) >= 11 is 0. The summed E-state index contributed by atoms with van der Waals surface area (Å²) in [7, 11) is 0. The molecule has 3 heteroatoms. The molecule has 0 aliphatic heterocycles. The maximum Gasteiger partial charge on any atom is 0.390 e. The average Bonchev–Trinajstić information content (AvgIpc) is 2.26. The van der Waals surface area contributed by atoms with Crippen LogP contribution in [0, 0.1) is 6.57 Å². The lowest BCUT2D eigenvalue weighted by molar-refractivity contribution is -0.145. The Morgan fingerprint density at radius 2 is 2.14 bits per heavy atom. The molecule has 0 spiro atoms. The molecule has 1 rings (SSSR count). The van der Waals surface area contributed by atoms with E-state index in [1.54, 1.807) is 0 Å². The quantitative estimate of drug-likeness (QED) is 0.538. The molecule has 14 heavy (non-hydrogen) atoms. The molecule has 0 heterocycles. The minimum atomic E-state index is -0.710. The average molecular weight is 189 g/mol. The first-order chi connectivity index (χ1) is 6.74. The van der Waals surface area contributed by atoms with Crippen molar-refractivity contribution in [3.8, 4) is 0 Å². The van der Waals surface area contributed by atoms with Crippen LogP contribution in [-0.4, -0.2) is 12.0 Å². The number of hydrogen-bond acceptors (Lipinski definition) is 2. The molecule has 72 valence electrons. The summed E-state index contributed by atoms with van der Waals surface area (Å²) in [6.07, 6.45) is 0. The summed E-state index contributed by atoms with van der Waals surface area (Å²) in [6.45, 7) is 8.41. The van der Waals surface area contributed by atoms with Crippen molar-refractivity contribution < 1.29 is 9.53 Å². The van der Waals surface area contributed by atoms with E-state index in [4.69, 9.17) is 11.3 Å². The molecule has 1 aromatic carbocycles. The summed E-state index contributed by atoms with van der Waals surface area (Å²) in [4.78, 5) is 14.2. The molecule has 0 fully saturated rings. The highest BCUT2D eigenvalue weighted by Gasteiger charge is 2.17. The molecule has 0 saturated heterocycles. The maximum atomic E-state index is 11.1. The van der Waals surface area contributed by atoms with Gasteiger partial charge in [-0.1, -0.05) is 30.3 Å². The Hall–Kier alpha value is -1.82. The van der Waals surface area contributed by atoms with E-state index >= 15 is 0 Å². The molecule has 0 unspecified atom stereocenters. The normalized spacial score (nSPS) is 11.4. The van der Waals surface area contributed by atoms with E-state index < -0.39 is 12.0 Å². The van der Waals surface area contributed by atoms with E-state index in [1.807, 2.05) is 30.3 Å². The number of carbonyl (C=O) groups is 1. The second kappa shape index (κ2) is 5.03. The highest BCUT2D eigenvalue weighted by molar-refractivity contribution is 5.77. The van der Waals surface area contributed by atoms with E-state index in [0.29, 0.717) is 0 Å². The molecule has 0 aromatic heterocycles. The lowest BCUT2D eigenvalue weighted by Gasteiger charge is -2.03. The van der Waals surface area contributed by atoms with Gasteiger partial charge >= 0.3 is 12.0 Å². The summed E-state index contributed by atoms with van der Waals surface area (Å²) in [6, 6.07) is 8.68. The lowest BCUT2D eigenvalue weighted by Crippen LogP contribution is -2.16. The van der Waals surface area contributed by atoms with Crippen molar-refractivity contribution in [2.75, 3.05) is 0 Å². The van der Waals surface area contributed by atoms with Crippen molar-refractivity contribution in [1.82, 2.24) is 0 Å². The SMILES string of the molecule is [C-]#[N+][C@@H](C)C(=O)OCc1ccccc1. The number of ether oxygens (including phenoxy) is 1. The highest BCUT2D eigenvalue weighted by atomic mass is 16.5. The van der Waals surface area contributed by atoms with Crippen LogP contribution in [0.4, 0.5) is 0 Å². The zero-order valence-corrected chi connectivity index (χ0v) is 7.93. The lowest BCUT2D eigenvalue weighted by atomic mass is 10.2. The van der Waals surface area contributed by atoms with Crippen LogP contribution in [0.3, 0.4) is 0 Å². The molecular weight excluding hydrogens is 178 g/mol. The Kier molecular flexibility index (Phi) is 3.69. The minimum Gasteiger partial charge on any atom is -0.455 e. The van der Waals surface area contributed by atoms with Gasteiger partial charge in [-0.15, -0.1) is 0 Å². The largest absolute Gasteiger partial charge is 0.455 e. The van der Waals surface area contributed by atoms with Crippen LogP contribution in [0.15, 0.2) is 30.3 Å². The van der Waals surface area contributed by atoms with Crippen molar-refractivity contribution in [3.05, 3.63) is 47.3 Å². The summed E-state index contributed by atoms with van der Waals surface area (Å²) in [5, 5.41) is 0. The van der Waals surface area contributed by atoms with Crippen LogP contribution < -0.4 is 0 Å². The van der Waals surface area contributed by atoms with E-state index in [1.165, 1.54) is 6.92 Å². The van der Waals surface area contributed by atoms with Crippen LogP contribution >= 0.6 is 0 Å². The van der Waals surface area contributed by atoms with Crippen LogP contribution in [0.5, 0.6) is 0 Å². The smallest absolute Gasteiger partial charge is 0.390 e. The van der Waals surface area contributed by atoms with Gasteiger partial charge in [-0.3, -0.25) is 0 Å². The van der Waals surface area contributed by atoms with Crippen molar-refractivity contribution >= 4 is 5.97 Å². The van der Waals surface area contributed by atoms with E-state index in [-0.39, 0.29) is 6.61 Å². The Morgan fingerprint density at radius 3 is 2.71 bits per heavy atom. The van der Waals surface area contributed by atoms with Gasteiger partial charge in [-0.05, 0) is 5.56 Å². The topological polar surface area (TPSA) is 30.7 Å². The number of nitrogens with zero attached hydrogens (tertiary/aromatic N) is 1. The van der Waals surface area contributed by atoms with Crippen molar-refractivity contribution in [1.29, 1.82) is 0 Å². The predicted octanol–water partition coefficient (Wildman–Crippen LogP) is 2.04.